The smallest absolute Gasteiger partial charge is 0.257 e. The lowest BCUT2D eigenvalue weighted by Gasteiger charge is -2.28. The summed E-state index contributed by atoms with van der Waals surface area (Å²) in [7, 11) is -3.03. The van der Waals surface area contributed by atoms with E-state index < -0.39 is 15.1 Å². The van der Waals surface area contributed by atoms with E-state index in [0.717, 1.165) is 0 Å². The molecule has 6 nitrogen and oxygen atoms in total. The fraction of sp³-hybridized carbons (Fsp3) is 0.500. The van der Waals surface area contributed by atoms with Crippen LogP contribution in [0.25, 0.3) is 11.1 Å². The summed E-state index contributed by atoms with van der Waals surface area (Å²) < 4.78 is 29.0. The van der Waals surface area contributed by atoms with Crippen molar-refractivity contribution in [3.8, 4) is 0 Å². The lowest BCUT2D eigenvalue weighted by molar-refractivity contribution is -0.131. The number of fused-ring (bicyclic) bond motifs is 1. The Morgan fingerprint density at radius 3 is 2.92 bits per heavy atom. The van der Waals surface area contributed by atoms with Crippen LogP contribution in [0.5, 0.6) is 0 Å². The number of sulfone groups is 1. The van der Waals surface area contributed by atoms with Crippen LogP contribution in [0, 0.1) is 0 Å². The van der Waals surface area contributed by atoms with Crippen molar-refractivity contribution in [2.45, 2.75) is 36.8 Å². The Labute approximate surface area is 155 Å². The average molecular weight is 403 g/mol. The minimum absolute atomic E-state index is 0.0470. The van der Waals surface area contributed by atoms with Gasteiger partial charge in [0.2, 0.25) is 5.91 Å². The van der Waals surface area contributed by atoms with Gasteiger partial charge in [-0.1, -0.05) is 23.4 Å². The quantitative estimate of drug-likeness (QED) is 0.715. The third-order valence-electron chi connectivity index (χ3n) is 4.23. The Hall–Kier alpha value is -1.25. The van der Waals surface area contributed by atoms with E-state index in [1.165, 1.54) is 11.8 Å². The predicted molar refractivity (Wildman–Crippen MR) is 98.8 cm³/mol. The molecule has 1 saturated heterocycles. The molecular formula is C16H19ClN2O4S2. The highest BCUT2D eigenvalue weighted by Gasteiger charge is 2.35. The molecule has 0 spiro atoms. The van der Waals surface area contributed by atoms with Crippen molar-refractivity contribution < 1.29 is 17.6 Å². The Bertz CT molecular complexity index is 897. The molecule has 1 aliphatic heterocycles. The van der Waals surface area contributed by atoms with Gasteiger partial charge in [0.15, 0.2) is 15.4 Å². The Morgan fingerprint density at radius 2 is 2.28 bits per heavy atom. The number of rotatable bonds is 5. The predicted octanol–water partition coefficient (Wildman–Crippen LogP) is 3.00. The van der Waals surface area contributed by atoms with Crippen molar-refractivity contribution in [1.82, 2.24) is 9.88 Å². The van der Waals surface area contributed by atoms with E-state index in [2.05, 4.69) is 4.98 Å². The second-order valence-electron chi connectivity index (χ2n) is 6.03. The van der Waals surface area contributed by atoms with E-state index in [1.807, 2.05) is 6.92 Å². The minimum Gasteiger partial charge on any atom is -0.431 e. The van der Waals surface area contributed by atoms with Crippen LogP contribution in [-0.4, -0.2) is 53.6 Å². The van der Waals surface area contributed by atoms with E-state index in [1.54, 1.807) is 30.0 Å². The van der Waals surface area contributed by atoms with Crippen molar-refractivity contribution in [3.63, 3.8) is 0 Å². The standard InChI is InChI=1S/C16H19ClN2O4S2/c1-3-19(12-6-7-25(21,22)9-12)15(20)10(2)24-16-18-13-8-11(17)4-5-14(13)23-16/h4-5,8,10,12H,3,6-7,9H2,1-2H3. The topological polar surface area (TPSA) is 80.5 Å². The van der Waals surface area contributed by atoms with Gasteiger partial charge in [-0.05, 0) is 38.5 Å². The van der Waals surface area contributed by atoms with Crippen LogP contribution < -0.4 is 0 Å². The van der Waals surface area contributed by atoms with E-state index in [0.29, 0.717) is 34.3 Å². The van der Waals surface area contributed by atoms with Gasteiger partial charge in [-0.25, -0.2) is 13.4 Å². The molecule has 3 rings (SSSR count). The molecular weight excluding hydrogens is 384 g/mol. The zero-order valence-electron chi connectivity index (χ0n) is 13.9. The third-order valence-corrected chi connectivity index (χ3v) is 7.15. The minimum atomic E-state index is -3.03. The number of hydrogen-bond acceptors (Lipinski definition) is 6. The van der Waals surface area contributed by atoms with E-state index in [9.17, 15) is 13.2 Å². The molecule has 25 heavy (non-hydrogen) atoms. The fourth-order valence-corrected chi connectivity index (χ4v) is 5.70. The first-order valence-electron chi connectivity index (χ1n) is 8.02. The molecule has 0 radical (unpaired) electrons. The summed E-state index contributed by atoms with van der Waals surface area (Å²) in [6.45, 7) is 4.12. The SMILES string of the molecule is CCN(C(=O)C(C)Sc1nc2cc(Cl)ccc2o1)C1CCS(=O)(=O)C1. The molecule has 0 aliphatic carbocycles. The first-order valence-corrected chi connectivity index (χ1v) is 11.1. The van der Waals surface area contributed by atoms with Crippen LogP contribution in [0.4, 0.5) is 0 Å². The molecule has 2 aromatic rings. The molecule has 0 bridgehead atoms. The Kier molecular flexibility index (Phi) is 5.31. The summed E-state index contributed by atoms with van der Waals surface area (Å²) in [6, 6.07) is 4.92. The first kappa shape index (κ1) is 18.5. The number of aromatic nitrogens is 1. The summed E-state index contributed by atoms with van der Waals surface area (Å²) in [5.74, 6) is 0.0927. The normalized spacial score (nSPS) is 20.7. The largest absolute Gasteiger partial charge is 0.431 e. The summed E-state index contributed by atoms with van der Waals surface area (Å²) in [5, 5.41) is 0.543. The lowest BCUT2D eigenvalue weighted by Crippen LogP contribution is -2.44. The fourth-order valence-electron chi connectivity index (χ4n) is 2.98. The highest BCUT2D eigenvalue weighted by atomic mass is 35.5. The molecule has 1 aliphatic rings. The maximum atomic E-state index is 12.8. The van der Waals surface area contributed by atoms with Crippen molar-refractivity contribution in [3.05, 3.63) is 23.2 Å². The number of hydrogen-bond donors (Lipinski definition) is 0. The van der Waals surface area contributed by atoms with Crippen molar-refractivity contribution in [1.29, 1.82) is 0 Å². The van der Waals surface area contributed by atoms with Crippen LogP contribution >= 0.6 is 23.4 Å². The Balaban J connectivity index is 1.72. The maximum absolute atomic E-state index is 12.8. The van der Waals surface area contributed by atoms with Crippen LogP contribution in [0.3, 0.4) is 0 Å². The lowest BCUT2D eigenvalue weighted by atomic mass is 10.2. The van der Waals surface area contributed by atoms with Crippen LogP contribution in [0.1, 0.15) is 20.3 Å². The molecule has 136 valence electrons. The monoisotopic (exact) mass is 402 g/mol. The van der Waals surface area contributed by atoms with Crippen molar-refractivity contribution in [2.75, 3.05) is 18.1 Å². The number of amides is 1. The number of nitrogens with zero attached hydrogens (tertiary/aromatic N) is 2. The van der Waals surface area contributed by atoms with Gasteiger partial charge in [-0.2, -0.15) is 0 Å². The number of halogens is 1. The van der Waals surface area contributed by atoms with Gasteiger partial charge in [0.25, 0.3) is 5.22 Å². The second-order valence-corrected chi connectivity index (χ2v) is 9.99. The Morgan fingerprint density at radius 1 is 1.52 bits per heavy atom. The highest BCUT2D eigenvalue weighted by Crippen LogP contribution is 2.30. The van der Waals surface area contributed by atoms with Gasteiger partial charge in [-0.3, -0.25) is 4.79 Å². The number of carbonyl (C=O) groups excluding carboxylic acids is 1. The summed E-state index contributed by atoms with van der Waals surface area (Å²) in [5.41, 5.74) is 1.25. The summed E-state index contributed by atoms with van der Waals surface area (Å²) >= 11 is 7.17. The number of benzene rings is 1. The van der Waals surface area contributed by atoms with Crippen molar-refractivity contribution in [2.24, 2.45) is 0 Å². The number of thioether (sulfide) groups is 1. The number of carbonyl (C=O) groups is 1. The van der Waals surface area contributed by atoms with Gasteiger partial charge in [0.05, 0.1) is 16.8 Å². The average Bonchev–Trinajstić information content (AvgIpc) is 3.09. The van der Waals surface area contributed by atoms with Crippen LogP contribution in [0.2, 0.25) is 5.02 Å². The molecule has 1 fully saturated rings. The molecule has 0 saturated carbocycles. The van der Waals surface area contributed by atoms with E-state index in [-0.39, 0.29) is 23.5 Å². The third kappa shape index (κ3) is 4.12. The van der Waals surface area contributed by atoms with Gasteiger partial charge in [0, 0.05) is 17.6 Å². The second kappa shape index (κ2) is 7.17. The van der Waals surface area contributed by atoms with Crippen LogP contribution in [0.15, 0.2) is 27.8 Å². The molecule has 9 heteroatoms. The molecule has 2 heterocycles. The molecule has 2 atom stereocenters. The zero-order valence-corrected chi connectivity index (χ0v) is 16.3. The zero-order chi connectivity index (χ0) is 18.2. The van der Waals surface area contributed by atoms with Gasteiger partial charge in [-0.15, -0.1) is 0 Å². The van der Waals surface area contributed by atoms with Gasteiger partial charge in [0.1, 0.15) is 5.52 Å². The van der Waals surface area contributed by atoms with Gasteiger partial charge >= 0.3 is 0 Å². The molecule has 1 aromatic heterocycles. The molecule has 1 amide bonds. The summed E-state index contributed by atoms with van der Waals surface area (Å²) in [6.07, 6.45) is 0.501. The molecule has 1 aromatic carbocycles. The van der Waals surface area contributed by atoms with Gasteiger partial charge < -0.3 is 9.32 Å². The van der Waals surface area contributed by atoms with E-state index >= 15 is 0 Å². The molecule has 0 N–H and O–H groups in total. The summed E-state index contributed by atoms with van der Waals surface area (Å²) in [4.78, 5) is 18.8. The van der Waals surface area contributed by atoms with Crippen molar-refractivity contribution >= 4 is 50.2 Å². The van der Waals surface area contributed by atoms with E-state index in [4.69, 9.17) is 16.0 Å². The highest BCUT2D eigenvalue weighted by molar-refractivity contribution is 8.00. The maximum Gasteiger partial charge on any atom is 0.257 e. The number of oxazole rings is 1. The molecule has 2 unspecified atom stereocenters. The first-order chi connectivity index (χ1) is 11.8. The van der Waals surface area contributed by atoms with Crippen LogP contribution in [-0.2, 0) is 14.6 Å².